The highest BCUT2D eigenvalue weighted by Crippen LogP contribution is 2.26. The van der Waals surface area contributed by atoms with Crippen LogP contribution < -0.4 is 10.6 Å². The maximum Gasteiger partial charge on any atom is 0.227 e. The summed E-state index contributed by atoms with van der Waals surface area (Å²) in [7, 11) is 0. The topological polar surface area (TPSA) is 46.3 Å². The Balaban J connectivity index is 2.21. The summed E-state index contributed by atoms with van der Waals surface area (Å²) in [6, 6.07) is 8.35. The third-order valence-corrected chi connectivity index (χ3v) is 3.49. The van der Waals surface area contributed by atoms with Gasteiger partial charge in [-0.1, -0.05) is 32.9 Å². The number of amides is 1. The van der Waals surface area contributed by atoms with E-state index >= 15 is 0 Å². The van der Waals surface area contributed by atoms with Crippen LogP contribution >= 0.6 is 0 Å². The number of piperidine rings is 1. The molecule has 2 rings (SSSR count). The predicted octanol–water partition coefficient (Wildman–Crippen LogP) is 2.44. The maximum absolute atomic E-state index is 11.9. The lowest BCUT2D eigenvalue weighted by atomic mass is 9.87. The average molecular weight is 246 g/mol. The number of rotatable bonds is 1. The molecule has 1 fully saturated rings. The van der Waals surface area contributed by atoms with Crippen molar-refractivity contribution in [3.63, 3.8) is 0 Å². The van der Waals surface area contributed by atoms with Gasteiger partial charge in [0.05, 0.1) is 0 Å². The van der Waals surface area contributed by atoms with Gasteiger partial charge >= 0.3 is 0 Å². The Hall–Kier alpha value is -1.35. The first-order chi connectivity index (χ1) is 8.38. The van der Waals surface area contributed by atoms with E-state index in [1.165, 1.54) is 5.56 Å². The van der Waals surface area contributed by atoms with Crippen molar-refractivity contribution in [3.8, 4) is 0 Å². The van der Waals surface area contributed by atoms with Crippen LogP contribution in [0, 0.1) is 0 Å². The van der Waals surface area contributed by atoms with Crippen molar-refractivity contribution in [1.82, 2.24) is 0 Å². The Morgan fingerprint density at radius 3 is 2.39 bits per heavy atom. The molecule has 1 amide bonds. The van der Waals surface area contributed by atoms with Crippen molar-refractivity contribution in [2.24, 2.45) is 5.73 Å². The van der Waals surface area contributed by atoms with Gasteiger partial charge in [-0.05, 0) is 29.5 Å². The van der Waals surface area contributed by atoms with E-state index in [1.54, 1.807) is 4.90 Å². The van der Waals surface area contributed by atoms with E-state index < -0.39 is 0 Å². The number of hydrogen-bond donors (Lipinski definition) is 1. The molecule has 1 aromatic carbocycles. The van der Waals surface area contributed by atoms with Gasteiger partial charge in [0.2, 0.25) is 5.91 Å². The number of carbonyl (C=O) groups excluding carboxylic acids is 1. The molecule has 3 heteroatoms. The fourth-order valence-electron chi connectivity index (χ4n) is 2.26. The molecular formula is C15H22N2O. The van der Waals surface area contributed by atoms with Crippen molar-refractivity contribution in [2.45, 2.75) is 45.1 Å². The Morgan fingerprint density at radius 2 is 1.83 bits per heavy atom. The molecule has 1 aliphatic heterocycles. The monoisotopic (exact) mass is 246 g/mol. The summed E-state index contributed by atoms with van der Waals surface area (Å²) in [5.41, 5.74) is 8.31. The molecule has 0 spiro atoms. The minimum absolute atomic E-state index is 0.102. The summed E-state index contributed by atoms with van der Waals surface area (Å²) in [5, 5.41) is 0. The van der Waals surface area contributed by atoms with Crippen molar-refractivity contribution in [2.75, 3.05) is 11.4 Å². The lowest BCUT2D eigenvalue weighted by Gasteiger charge is -2.31. The molecule has 1 aliphatic rings. The van der Waals surface area contributed by atoms with Crippen LogP contribution in [0.25, 0.3) is 0 Å². The number of anilines is 1. The minimum atomic E-state index is 0.102. The van der Waals surface area contributed by atoms with Crippen molar-refractivity contribution in [3.05, 3.63) is 29.8 Å². The van der Waals surface area contributed by atoms with Gasteiger partial charge in [-0.25, -0.2) is 0 Å². The summed E-state index contributed by atoms with van der Waals surface area (Å²) in [6.07, 6.45) is 1.36. The molecular weight excluding hydrogens is 224 g/mol. The highest BCUT2D eigenvalue weighted by Gasteiger charge is 2.24. The Bertz CT molecular complexity index is 431. The second-order valence-corrected chi connectivity index (χ2v) is 6.10. The predicted molar refractivity (Wildman–Crippen MR) is 74.7 cm³/mol. The van der Waals surface area contributed by atoms with Gasteiger partial charge in [0, 0.05) is 24.7 Å². The molecule has 3 nitrogen and oxygen atoms in total. The first-order valence-corrected chi connectivity index (χ1v) is 6.54. The van der Waals surface area contributed by atoms with E-state index in [9.17, 15) is 4.79 Å². The normalized spacial score (nSPS) is 21.2. The number of nitrogens with two attached hydrogens (primary N) is 1. The molecule has 1 heterocycles. The number of carbonyl (C=O) groups is 1. The van der Waals surface area contributed by atoms with Crippen LogP contribution in [0.15, 0.2) is 24.3 Å². The van der Waals surface area contributed by atoms with Gasteiger partial charge in [0.1, 0.15) is 0 Å². The second kappa shape index (κ2) is 4.73. The highest BCUT2D eigenvalue weighted by atomic mass is 16.2. The molecule has 0 bridgehead atoms. The quantitative estimate of drug-likeness (QED) is 0.827. The third kappa shape index (κ3) is 2.72. The smallest absolute Gasteiger partial charge is 0.227 e. The Morgan fingerprint density at radius 1 is 1.22 bits per heavy atom. The first-order valence-electron chi connectivity index (χ1n) is 6.54. The standard InChI is InChI=1S/C15H22N2O/c1-15(2,3)11-4-7-13(8-5-11)17-10-12(16)6-9-14(17)18/h4-5,7-8,12H,6,9-10,16H2,1-3H3. The Labute approximate surface area is 109 Å². The van der Waals surface area contributed by atoms with Gasteiger partial charge in [0.25, 0.3) is 0 Å². The van der Waals surface area contributed by atoms with E-state index in [-0.39, 0.29) is 17.4 Å². The molecule has 1 atom stereocenters. The molecule has 1 unspecified atom stereocenters. The van der Waals surface area contributed by atoms with Crippen LogP contribution in [0.4, 0.5) is 5.69 Å². The van der Waals surface area contributed by atoms with Crippen LogP contribution in [0.2, 0.25) is 0 Å². The molecule has 18 heavy (non-hydrogen) atoms. The van der Waals surface area contributed by atoms with Crippen LogP contribution in [0.3, 0.4) is 0 Å². The van der Waals surface area contributed by atoms with Gasteiger partial charge in [-0.15, -0.1) is 0 Å². The zero-order chi connectivity index (χ0) is 13.3. The molecule has 0 aliphatic carbocycles. The first kappa shape index (κ1) is 13.1. The summed E-state index contributed by atoms with van der Waals surface area (Å²) in [6.45, 7) is 7.19. The summed E-state index contributed by atoms with van der Waals surface area (Å²) in [4.78, 5) is 13.7. The average Bonchev–Trinajstić information content (AvgIpc) is 2.31. The largest absolute Gasteiger partial charge is 0.326 e. The summed E-state index contributed by atoms with van der Waals surface area (Å²) in [5.74, 6) is 0.181. The van der Waals surface area contributed by atoms with Crippen molar-refractivity contribution < 1.29 is 4.79 Å². The summed E-state index contributed by atoms with van der Waals surface area (Å²) >= 11 is 0. The van der Waals surface area contributed by atoms with Crippen LogP contribution in [-0.4, -0.2) is 18.5 Å². The third-order valence-electron chi connectivity index (χ3n) is 3.49. The van der Waals surface area contributed by atoms with Crippen LogP contribution in [0.1, 0.15) is 39.2 Å². The fraction of sp³-hybridized carbons (Fsp3) is 0.533. The summed E-state index contributed by atoms with van der Waals surface area (Å²) < 4.78 is 0. The van der Waals surface area contributed by atoms with E-state index in [4.69, 9.17) is 5.73 Å². The zero-order valence-electron chi connectivity index (χ0n) is 11.4. The van der Waals surface area contributed by atoms with E-state index in [2.05, 4.69) is 32.9 Å². The van der Waals surface area contributed by atoms with E-state index in [1.807, 2.05) is 12.1 Å². The SMILES string of the molecule is CC(C)(C)c1ccc(N2CC(N)CCC2=O)cc1. The molecule has 0 aromatic heterocycles. The van der Waals surface area contributed by atoms with Gasteiger partial charge in [-0.2, -0.15) is 0 Å². The lowest BCUT2D eigenvalue weighted by molar-refractivity contribution is -0.119. The van der Waals surface area contributed by atoms with Crippen LogP contribution in [0.5, 0.6) is 0 Å². The van der Waals surface area contributed by atoms with Crippen molar-refractivity contribution >= 4 is 11.6 Å². The van der Waals surface area contributed by atoms with Crippen LogP contribution in [-0.2, 0) is 10.2 Å². The highest BCUT2D eigenvalue weighted by molar-refractivity contribution is 5.94. The number of nitrogens with zero attached hydrogens (tertiary/aromatic N) is 1. The molecule has 98 valence electrons. The van der Waals surface area contributed by atoms with E-state index in [0.29, 0.717) is 13.0 Å². The van der Waals surface area contributed by atoms with Crippen molar-refractivity contribution in [1.29, 1.82) is 0 Å². The minimum Gasteiger partial charge on any atom is -0.326 e. The second-order valence-electron chi connectivity index (χ2n) is 6.10. The number of hydrogen-bond acceptors (Lipinski definition) is 2. The Kier molecular flexibility index (Phi) is 3.44. The molecule has 1 aromatic rings. The van der Waals surface area contributed by atoms with Gasteiger partial charge in [-0.3, -0.25) is 4.79 Å². The van der Waals surface area contributed by atoms with Gasteiger partial charge < -0.3 is 10.6 Å². The van der Waals surface area contributed by atoms with Gasteiger partial charge in [0.15, 0.2) is 0 Å². The molecule has 0 radical (unpaired) electrons. The van der Waals surface area contributed by atoms with E-state index in [0.717, 1.165) is 12.1 Å². The maximum atomic E-state index is 11.9. The number of benzene rings is 1. The lowest BCUT2D eigenvalue weighted by Crippen LogP contribution is -2.46. The molecule has 0 saturated carbocycles. The fourth-order valence-corrected chi connectivity index (χ4v) is 2.26. The molecule has 2 N–H and O–H groups in total. The molecule has 1 saturated heterocycles. The zero-order valence-corrected chi connectivity index (χ0v) is 11.4.